The third kappa shape index (κ3) is 3.13. The van der Waals surface area contributed by atoms with E-state index in [0.717, 1.165) is 30.4 Å². The van der Waals surface area contributed by atoms with Crippen molar-refractivity contribution >= 4 is 5.91 Å². The van der Waals surface area contributed by atoms with Gasteiger partial charge in [0.25, 0.3) is 0 Å². The Labute approximate surface area is 124 Å². The summed E-state index contributed by atoms with van der Waals surface area (Å²) in [6.07, 6.45) is 2.96. The predicted molar refractivity (Wildman–Crippen MR) is 80.4 cm³/mol. The molecule has 0 heterocycles. The lowest BCUT2D eigenvalue weighted by atomic mass is 9.82. The van der Waals surface area contributed by atoms with E-state index in [-0.39, 0.29) is 17.6 Å². The van der Waals surface area contributed by atoms with Crippen molar-refractivity contribution in [3.63, 3.8) is 0 Å². The zero-order valence-corrected chi connectivity index (χ0v) is 11.8. The lowest BCUT2D eigenvalue weighted by Gasteiger charge is -2.24. The molecule has 0 bridgehead atoms. The van der Waals surface area contributed by atoms with Gasteiger partial charge in [0, 0.05) is 6.54 Å². The van der Waals surface area contributed by atoms with Gasteiger partial charge in [0.1, 0.15) is 5.82 Å². The zero-order valence-electron chi connectivity index (χ0n) is 11.8. The summed E-state index contributed by atoms with van der Waals surface area (Å²) in [7, 11) is 0. The Morgan fingerprint density at radius 2 is 2.05 bits per heavy atom. The van der Waals surface area contributed by atoms with Crippen molar-refractivity contribution in [2.24, 2.45) is 0 Å². The summed E-state index contributed by atoms with van der Waals surface area (Å²) in [5, 5.41) is 2.93. The van der Waals surface area contributed by atoms with E-state index < -0.39 is 0 Å². The van der Waals surface area contributed by atoms with Crippen LogP contribution in [0.15, 0.2) is 48.5 Å². The average molecular weight is 283 g/mol. The number of halogens is 1. The predicted octanol–water partition coefficient (Wildman–Crippen LogP) is 3.56. The minimum absolute atomic E-state index is 0.0337. The second kappa shape index (κ2) is 6.08. The van der Waals surface area contributed by atoms with Gasteiger partial charge in [-0.1, -0.05) is 36.4 Å². The molecule has 108 valence electrons. The van der Waals surface area contributed by atoms with Gasteiger partial charge in [0.05, 0.1) is 5.92 Å². The molecule has 3 heteroatoms. The van der Waals surface area contributed by atoms with E-state index in [1.807, 2.05) is 24.3 Å². The highest BCUT2D eigenvalue weighted by atomic mass is 19.1. The second-order valence-corrected chi connectivity index (χ2v) is 5.49. The number of nitrogens with one attached hydrogen (secondary N) is 1. The molecule has 1 amide bonds. The highest BCUT2D eigenvalue weighted by molar-refractivity contribution is 5.84. The number of amides is 1. The maximum absolute atomic E-state index is 13.1. The summed E-state index contributed by atoms with van der Waals surface area (Å²) in [5.74, 6) is -0.320. The summed E-state index contributed by atoms with van der Waals surface area (Å²) in [6.45, 7) is 0.370. The van der Waals surface area contributed by atoms with Gasteiger partial charge in [0.15, 0.2) is 0 Å². The van der Waals surface area contributed by atoms with Gasteiger partial charge in [-0.05, 0) is 48.1 Å². The van der Waals surface area contributed by atoms with E-state index in [1.54, 1.807) is 6.07 Å². The molecular formula is C18H18FNO. The first kappa shape index (κ1) is 13.8. The van der Waals surface area contributed by atoms with Crippen molar-refractivity contribution < 1.29 is 9.18 Å². The summed E-state index contributed by atoms with van der Waals surface area (Å²) in [5.41, 5.74) is 3.20. The fraction of sp³-hybridized carbons (Fsp3) is 0.278. The van der Waals surface area contributed by atoms with Gasteiger partial charge in [0.2, 0.25) is 5.91 Å². The molecule has 1 aliphatic carbocycles. The van der Waals surface area contributed by atoms with Crippen LogP contribution in [0.2, 0.25) is 0 Å². The third-order valence-electron chi connectivity index (χ3n) is 4.04. The van der Waals surface area contributed by atoms with Gasteiger partial charge in [-0.3, -0.25) is 4.79 Å². The van der Waals surface area contributed by atoms with Crippen LogP contribution in [0, 0.1) is 5.82 Å². The largest absolute Gasteiger partial charge is 0.351 e. The first-order chi connectivity index (χ1) is 10.2. The van der Waals surface area contributed by atoms with Crippen LogP contribution >= 0.6 is 0 Å². The molecule has 21 heavy (non-hydrogen) atoms. The van der Waals surface area contributed by atoms with Gasteiger partial charge in [-0.25, -0.2) is 4.39 Å². The maximum atomic E-state index is 13.1. The smallest absolute Gasteiger partial charge is 0.227 e. The number of carbonyl (C=O) groups is 1. The molecule has 2 aromatic rings. The van der Waals surface area contributed by atoms with Crippen molar-refractivity contribution in [3.05, 3.63) is 71.0 Å². The zero-order chi connectivity index (χ0) is 14.7. The molecule has 1 N–H and O–H groups in total. The van der Waals surface area contributed by atoms with Gasteiger partial charge >= 0.3 is 0 Å². The molecule has 3 rings (SSSR count). The number of carbonyl (C=O) groups excluding carboxylic acids is 1. The molecule has 0 aliphatic heterocycles. The standard InChI is InChI=1S/C18H18FNO/c19-15-8-3-5-13(11-15)12-20-18(21)17-10-4-7-14-6-1-2-9-16(14)17/h1-3,5-6,8-9,11,17H,4,7,10,12H2,(H,20,21). The van der Waals surface area contributed by atoms with Crippen molar-refractivity contribution in [2.45, 2.75) is 31.7 Å². The first-order valence-corrected chi connectivity index (χ1v) is 7.34. The molecule has 0 saturated heterocycles. The van der Waals surface area contributed by atoms with E-state index >= 15 is 0 Å². The summed E-state index contributed by atoms with van der Waals surface area (Å²) < 4.78 is 13.1. The maximum Gasteiger partial charge on any atom is 0.227 e. The van der Waals surface area contributed by atoms with Crippen LogP contribution in [0.3, 0.4) is 0 Å². The van der Waals surface area contributed by atoms with Crippen LogP contribution in [0.1, 0.15) is 35.4 Å². The fourth-order valence-corrected chi connectivity index (χ4v) is 2.99. The summed E-state index contributed by atoms with van der Waals surface area (Å²) >= 11 is 0. The molecular weight excluding hydrogens is 265 g/mol. The van der Waals surface area contributed by atoms with Crippen molar-refractivity contribution in [1.29, 1.82) is 0 Å². The number of fused-ring (bicyclic) bond motifs is 1. The highest BCUT2D eigenvalue weighted by Gasteiger charge is 2.25. The van der Waals surface area contributed by atoms with Crippen molar-refractivity contribution in [2.75, 3.05) is 0 Å². The molecule has 0 saturated carbocycles. The lowest BCUT2D eigenvalue weighted by molar-refractivity contribution is -0.123. The van der Waals surface area contributed by atoms with Crippen LogP contribution in [0.5, 0.6) is 0 Å². The second-order valence-electron chi connectivity index (χ2n) is 5.49. The van der Waals surface area contributed by atoms with E-state index in [9.17, 15) is 9.18 Å². The lowest BCUT2D eigenvalue weighted by Crippen LogP contribution is -2.31. The monoisotopic (exact) mass is 283 g/mol. The molecule has 1 aliphatic rings. The normalized spacial score (nSPS) is 17.1. The van der Waals surface area contributed by atoms with Crippen molar-refractivity contribution in [3.8, 4) is 0 Å². The Kier molecular flexibility index (Phi) is 4.00. The van der Waals surface area contributed by atoms with Crippen LogP contribution in [0.25, 0.3) is 0 Å². The average Bonchev–Trinajstić information content (AvgIpc) is 2.52. The van der Waals surface area contributed by atoms with Crippen LogP contribution in [-0.2, 0) is 17.8 Å². The Bertz CT molecular complexity index is 653. The molecule has 1 unspecified atom stereocenters. The number of aryl methyl sites for hydroxylation is 1. The van der Waals surface area contributed by atoms with Crippen LogP contribution < -0.4 is 5.32 Å². The van der Waals surface area contributed by atoms with Gasteiger partial charge in [-0.2, -0.15) is 0 Å². The van der Waals surface area contributed by atoms with Gasteiger partial charge in [-0.15, -0.1) is 0 Å². The summed E-state index contributed by atoms with van der Waals surface area (Å²) in [4.78, 5) is 12.4. The topological polar surface area (TPSA) is 29.1 Å². The molecule has 2 aromatic carbocycles. The molecule has 0 spiro atoms. The fourth-order valence-electron chi connectivity index (χ4n) is 2.99. The van der Waals surface area contributed by atoms with Crippen LogP contribution in [0.4, 0.5) is 4.39 Å². The SMILES string of the molecule is O=C(NCc1cccc(F)c1)C1CCCc2ccccc21. The number of rotatable bonds is 3. The van der Waals surface area contributed by atoms with Gasteiger partial charge < -0.3 is 5.32 Å². The third-order valence-corrected chi connectivity index (χ3v) is 4.04. The van der Waals surface area contributed by atoms with E-state index in [4.69, 9.17) is 0 Å². The first-order valence-electron chi connectivity index (χ1n) is 7.34. The number of hydrogen-bond acceptors (Lipinski definition) is 1. The minimum Gasteiger partial charge on any atom is -0.351 e. The van der Waals surface area contributed by atoms with Crippen molar-refractivity contribution in [1.82, 2.24) is 5.32 Å². The summed E-state index contributed by atoms with van der Waals surface area (Å²) in [6, 6.07) is 14.5. The van der Waals surface area contributed by atoms with E-state index in [2.05, 4.69) is 11.4 Å². The van der Waals surface area contributed by atoms with E-state index in [1.165, 1.54) is 17.7 Å². The molecule has 1 atom stereocenters. The van der Waals surface area contributed by atoms with Crippen LogP contribution in [-0.4, -0.2) is 5.91 Å². The molecule has 0 fully saturated rings. The Morgan fingerprint density at radius 1 is 1.19 bits per heavy atom. The Hall–Kier alpha value is -2.16. The van der Waals surface area contributed by atoms with E-state index in [0.29, 0.717) is 6.54 Å². The molecule has 2 nitrogen and oxygen atoms in total. The quantitative estimate of drug-likeness (QED) is 0.917. The number of hydrogen-bond donors (Lipinski definition) is 1. The highest BCUT2D eigenvalue weighted by Crippen LogP contribution is 2.31. The Morgan fingerprint density at radius 3 is 2.90 bits per heavy atom. The Balaban J connectivity index is 1.69. The molecule has 0 aromatic heterocycles. The number of benzene rings is 2. The minimum atomic E-state index is -0.273. The molecule has 0 radical (unpaired) electrons.